The number of thiocarbonyl (C=S) groups is 1. The molecule has 0 aromatic heterocycles. The fourth-order valence-electron chi connectivity index (χ4n) is 1.42. The maximum atomic E-state index is 8.52. The summed E-state index contributed by atoms with van der Waals surface area (Å²) in [5, 5.41) is 11.7. The molecule has 0 bridgehead atoms. The fraction of sp³-hybridized carbons (Fsp3) is 0.333. The maximum Gasteiger partial charge on any atom is 0.0900 e. The summed E-state index contributed by atoms with van der Waals surface area (Å²) in [6.07, 6.45) is 1.24. The minimum atomic E-state index is 0.215. The van der Waals surface area contributed by atoms with Crippen molar-refractivity contribution in [1.29, 1.82) is 5.26 Å². The Morgan fingerprint density at radius 2 is 2.13 bits per heavy atom. The summed E-state index contributed by atoms with van der Waals surface area (Å²) in [7, 11) is 0. The second-order valence-corrected chi connectivity index (χ2v) is 3.77. The molecule has 15 heavy (non-hydrogen) atoms. The number of rotatable bonds is 4. The summed E-state index contributed by atoms with van der Waals surface area (Å²) in [5.41, 5.74) is 1.21. The van der Waals surface area contributed by atoms with Crippen molar-refractivity contribution in [2.75, 3.05) is 0 Å². The van der Waals surface area contributed by atoms with Gasteiger partial charge >= 0.3 is 0 Å². The van der Waals surface area contributed by atoms with Crippen LogP contribution in [0.3, 0.4) is 0 Å². The number of hydrogen-bond acceptors (Lipinski definition) is 2. The molecule has 2 nitrogen and oxygen atoms in total. The zero-order valence-corrected chi connectivity index (χ0v) is 9.55. The van der Waals surface area contributed by atoms with E-state index in [9.17, 15) is 0 Å². The van der Waals surface area contributed by atoms with Crippen LogP contribution in [0.5, 0.6) is 0 Å². The van der Waals surface area contributed by atoms with Gasteiger partial charge in [-0.05, 0) is 12.0 Å². The molecule has 0 spiro atoms. The van der Waals surface area contributed by atoms with Crippen LogP contribution in [-0.4, -0.2) is 4.99 Å². The molecule has 0 amide bonds. The van der Waals surface area contributed by atoms with Gasteiger partial charge in [0.25, 0.3) is 0 Å². The highest BCUT2D eigenvalue weighted by Gasteiger charge is 2.09. The molecule has 0 heterocycles. The van der Waals surface area contributed by atoms with E-state index >= 15 is 0 Å². The van der Waals surface area contributed by atoms with Gasteiger partial charge in [0, 0.05) is 0 Å². The minimum Gasteiger partial charge on any atom is -0.372 e. The van der Waals surface area contributed by atoms with E-state index in [0.717, 1.165) is 6.42 Å². The monoisotopic (exact) mass is 218 g/mol. The molecule has 78 valence electrons. The third kappa shape index (κ3) is 3.69. The standard InChI is InChI=1S/C12H14N2S/c1-2-11(14-12(15)8-9-13)10-6-4-3-5-7-10/h3-7,11H,2,8H2,1H3,(H,14,15). The van der Waals surface area contributed by atoms with Crippen molar-refractivity contribution in [2.24, 2.45) is 0 Å². The Balaban J connectivity index is 2.65. The highest BCUT2D eigenvalue weighted by Crippen LogP contribution is 2.15. The molecule has 3 heteroatoms. The van der Waals surface area contributed by atoms with Gasteiger partial charge in [0.1, 0.15) is 0 Å². The molecule has 0 aliphatic heterocycles. The summed E-state index contributed by atoms with van der Waals surface area (Å²) < 4.78 is 0. The number of nitrogens with one attached hydrogen (secondary N) is 1. The van der Waals surface area contributed by atoms with E-state index in [4.69, 9.17) is 17.5 Å². The summed E-state index contributed by atoms with van der Waals surface area (Å²) in [6.45, 7) is 2.10. The van der Waals surface area contributed by atoms with Crippen LogP contribution in [0.15, 0.2) is 30.3 Å². The van der Waals surface area contributed by atoms with Crippen molar-refractivity contribution in [3.05, 3.63) is 35.9 Å². The molecule has 0 aliphatic carbocycles. The van der Waals surface area contributed by atoms with Crippen LogP contribution in [0.25, 0.3) is 0 Å². The maximum absolute atomic E-state index is 8.52. The number of nitrogens with zero attached hydrogens (tertiary/aromatic N) is 1. The van der Waals surface area contributed by atoms with Gasteiger partial charge in [0.2, 0.25) is 0 Å². The lowest BCUT2D eigenvalue weighted by molar-refractivity contribution is 0.626. The molecule has 1 N–H and O–H groups in total. The van der Waals surface area contributed by atoms with Crippen molar-refractivity contribution < 1.29 is 0 Å². The van der Waals surface area contributed by atoms with Crippen LogP contribution in [0.4, 0.5) is 0 Å². The molecular weight excluding hydrogens is 204 g/mol. The van der Waals surface area contributed by atoms with Crippen molar-refractivity contribution >= 4 is 17.2 Å². The fourth-order valence-corrected chi connectivity index (χ4v) is 1.63. The summed E-state index contributed by atoms with van der Waals surface area (Å²) in [5.74, 6) is 0. The molecule has 0 radical (unpaired) electrons. The first-order valence-corrected chi connectivity index (χ1v) is 5.40. The molecule has 0 aliphatic rings. The van der Waals surface area contributed by atoms with Gasteiger partial charge in [-0.25, -0.2) is 0 Å². The largest absolute Gasteiger partial charge is 0.372 e. The predicted octanol–water partition coefficient (Wildman–Crippen LogP) is 2.97. The van der Waals surface area contributed by atoms with Gasteiger partial charge in [-0.3, -0.25) is 0 Å². The van der Waals surface area contributed by atoms with E-state index in [1.54, 1.807) is 0 Å². The highest BCUT2D eigenvalue weighted by atomic mass is 32.1. The summed E-state index contributed by atoms with van der Waals surface area (Å²) in [4.78, 5) is 0.619. The van der Waals surface area contributed by atoms with E-state index in [1.165, 1.54) is 5.56 Å². The number of benzene rings is 1. The minimum absolute atomic E-state index is 0.215. The van der Waals surface area contributed by atoms with Crippen LogP contribution in [0.1, 0.15) is 31.4 Å². The van der Waals surface area contributed by atoms with Crippen molar-refractivity contribution in [3.63, 3.8) is 0 Å². The van der Waals surface area contributed by atoms with Crippen molar-refractivity contribution in [3.8, 4) is 6.07 Å². The average molecular weight is 218 g/mol. The van der Waals surface area contributed by atoms with Gasteiger partial charge in [0.15, 0.2) is 0 Å². The van der Waals surface area contributed by atoms with Crippen LogP contribution < -0.4 is 5.32 Å². The Morgan fingerprint density at radius 1 is 1.47 bits per heavy atom. The molecule has 1 aromatic carbocycles. The highest BCUT2D eigenvalue weighted by molar-refractivity contribution is 7.80. The van der Waals surface area contributed by atoms with E-state index in [1.807, 2.05) is 24.3 Å². The Labute approximate surface area is 95.9 Å². The molecule has 1 unspecified atom stereocenters. The van der Waals surface area contributed by atoms with Gasteiger partial charge < -0.3 is 5.32 Å². The quantitative estimate of drug-likeness (QED) is 0.789. The zero-order valence-electron chi connectivity index (χ0n) is 8.73. The molecule has 0 fully saturated rings. The molecule has 1 atom stereocenters. The summed E-state index contributed by atoms with van der Waals surface area (Å²) >= 11 is 5.06. The lowest BCUT2D eigenvalue weighted by Gasteiger charge is -2.18. The van der Waals surface area contributed by atoms with Crippen LogP contribution in [0.2, 0.25) is 0 Å². The van der Waals surface area contributed by atoms with Crippen LogP contribution >= 0.6 is 12.2 Å². The predicted molar refractivity (Wildman–Crippen MR) is 65.4 cm³/mol. The Morgan fingerprint density at radius 3 is 2.67 bits per heavy atom. The molecule has 0 saturated heterocycles. The number of nitriles is 1. The SMILES string of the molecule is CCC(NC(=S)CC#N)c1ccccc1. The van der Waals surface area contributed by atoms with Gasteiger partial charge in [0.05, 0.1) is 23.5 Å². The smallest absolute Gasteiger partial charge is 0.0900 e. The molecule has 1 rings (SSSR count). The lowest BCUT2D eigenvalue weighted by atomic mass is 10.0. The average Bonchev–Trinajstić information content (AvgIpc) is 2.27. The molecule has 0 saturated carbocycles. The first-order valence-electron chi connectivity index (χ1n) is 4.99. The second kappa shape index (κ2) is 6.15. The second-order valence-electron chi connectivity index (χ2n) is 3.27. The summed E-state index contributed by atoms with van der Waals surface area (Å²) in [6, 6.07) is 12.4. The van der Waals surface area contributed by atoms with E-state index in [-0.39, 0.29) is 6.04 Å². The van der Waals surface area contributed by atoms with Crippen molar-refractivity contribution in [1.82, 2.24) is 5.32 Å². The topological polar surface area (TPSA) is 35.8 Å². The zero-order chi connectivity index (χ0) is 11.1. The Kier molecular flexibility index (Phi) is 4.79. The van der Waals surface area contributed by atoms with E-state index in [0.29, 0.717) is 11.4 Å². The van der Waals surface area contributed by atoms with Gasteiger partial charge in [-0.2, -0.15) is 5.26 Å². The van der Waals surface area contributed by atoms with Gasteiger partial charge in [-0.15, -0.1) is 0 Å². The molecular formula is C12H14N2S. The third-order valence-electron chi connectivity index (χ3n) is 2.19. The number of hydrogen-bond donors (Lipinski definition) is 1. The normalized spacial score (nSPS) is 11.5. The lowest BCUT2D eigenvalue weighted by Crippen LogP contribution is -2.26. The van der Waals surface area contributed by atoms with E-state index in [2.05, 4.69) is 24.4 Å². The van der Waals surface area contributed by atoms with Crippen LogP contribution in [-0.2, 0) is 0 Å². The van der Waals surface area contributed by atoms with Crippen molar-refractivity contribution in [2.45, 2.75) is 25.8 Å². The Hall–Kier alpha value is -1.40. The third-order valence-corrected chi connectivity index (χ3v) is 2.45. The Bertz CT molecular complexity index is 354. The first-order chi connectivity index (χ1) is 7.27. The van der Waals surface area contributed by atoms with E-state index < -0.39 is 0 Å². The van der Waals surface area contributed by atoms with Crippen LogP contribution in [0, 0.1) is 11.3 Å². The molecule has 1 aromatic rings. The first kappa shape index (κ1) is 11.7. The van der Waals surface area contributed by atoms with Gasteiger partial charge in [-0.1, -0.05) is 49.5 Å².